The zero-order valence-electron chi connectivity index (χ0n) is 8.84. The number of hydrogen-bond acceptors (Lipinski definition) is 3. The van der Waals surface area contributed by atoms with E-state index >= 15 is 0 Å². The molecule has 4 nitrogen and oxygen atoms in total. The molecule has 0 spiro atoms. The molecule has 0 N–H and O–H groups in total. The van der Waals surface area contributed by atoms with E-state index in [0.29, 0.717) is 6.61 Å². The number of aromatic nitrogens is 3. The monoisotopic (exact) mass is 203 g/mol. The van der Waals surface area contributed by atoms with Crippen molar-refractivity contribution in [1.82, 2.24) is 14.8 Å². The van der Waals surface area contributed by atoms with E-state index in [1.165, 1.54) is 0 Å². The predicted octanol–water partition coefficient (Wildman–Crippen LogP) is 1.70. The van der Waals surface area contributed by atoms with Crippen LogP contribution < -0.4 is 4.74 Å². The van der Waals surface area contributed by atoms with Gasteiger partial charge >= 0.3 is 0 Å². The van der Waals surface area contributed by atoms with Crippen LogP contribution in [0.4, 0.5) is 0 Å². The lowest BCUT2D eigenvalue weighted by atomic mass is 10.2. The molecule has 78 valence electrons. The normalized spacial score (nSPS) is 10.3. The molecule has 0 amide bonds. The standard InChI is InChI=1S/C11H13N3O/c1-9-5-3-4-6-10(9)15-7-11-13-12-8-14(11)2/h3-6,8H,7H2,1-2H3. The Hall–Kier alpha value is -1.84. The molecule has 0 fully saturated rings. The molecule has 0 radical (unpaired) electrons. The molecule has 1 aromatic heterocycles. The summed E-state index contributed by atoms with van der Waals surface area (Å²) < 4.78 is 7.48. The molecule has 2 aromatic rings. The third-order valence-corrected chi connectivity index (χ3v) is 2.26. The lowest BCUT2D eigenvalue weighted by molar-refractivity contribution is 0.289. The molecule has 0 saturated heterocycles. The van der Waals surface area contributed by atoms with E-state index in [0.717, 1.165) is 17.1 Å². The minimum absolute atomic E-state index is 0.446. The second-order valence-corrected chi connectivity index (χ2v) is 3.41. The highest BCUT2D eigenvalue weighted by atomic mass is 16.5. The SMILES string of the molecule is Cc1ccccc1OCc1nncn1C. The number of hydrogen-bond donors (Lipinski definition) is 0. The second-order valence-electron chi connectivity index (χ2n) is 3.41. The molecule has 15 heavy (non-hydrogen) atoms. The van der Waals surface area contributed by atoms with Crippen molar-refractivity contribution in [3.63, 3.8) is 0 Å². The van der Waals surface area contributed by atoms with Gasteiger partial charge in [0, 0.05) is 7.05 Å². The average Bonchev–Trinajstić information content (AvgIpc) is 2.63. The van der Waals surface area contributed by atoms with Gasteiger partial charge in [-0.15, -0.1) is 10.2 Å². The summed E-state index contributed by atoms with van der Waals surface area (Å²) in [4.78, 5) is 0. The van der Waals surface area contributed by atoms with Crippen LogP contribution in [-0.2, 0) is 13.7 Å². The van der Waals surface area contributed by atoms with Crippen LogP contribution >= 0.6 is 0 Å². The van der Waals surface area contributed by atoms with Crippen LogP contribution in [0.2, 0.25) is 0 Å². The summed E-state index contributed by atoms with van der Waals surface area (Å²) in [7, 11) is 1.90. The largest absolute Gasteiger partial charge is 0.485 e. The van der Waals surface area contributed by atoms with Gasteiger partial charge in [-0.1, -0.05) is 18.2 Å². The quantitative estimate of drug-likeness (QED) is 0.762. The number of nitrogens with zero attached hydrogens (tertiary/aromatic N) is 3. The van der Waals surface area contributed by atoms with Gasteiger partial charge in [0.15, 0.2) is 5.82 Å². The smallest absolute Gasteiger partial charge is 0.170 e. The third kappa shape index (κ3) is 2.15. The molecule has 4 heteroatoms. The fraction of sp³-hybridized carbons (Fsp3) is 0.273. The summed E-state index contributed by atoms with van der Waals surface area (Å²) >= 11 is 0. The van der Waals surface area contributed by atoms with Crippen molar-refractivity contribution in [3.8, 4) is 5.75 Å². The molecule has 0 bridgehead atoms. The maximum absolute atomic E-state index is 5.64. The van der Waals surface area contributed by atoms with Crippen LogP contribution in [-0.4, -0.2) is 14.8 Å². The van der Waals surface area contributed by atoms with Gasteiger partial charge in [0.1, 0.15) is 18.7 Å². The Labute approximate surface area is 88.5 Å². The number of rotatable bonds is 3. The topological polar surface area (TPSA) is 39.9 Å². The van der Waals surface area contributed by atoms with Crippen LogP contribution in [0.5, 0.6) is 5.75 Å². The Morgan fingerprint density at radius 3 is 2.80 bits per heavy atom. The van der Waals surface area contributed by atoms with Gasteiger partial charge in [0.25, 0.3) is 0 Å². The van der Waals surface area contributed by atoms with Crippen molar-refractivity contribution in [3.05, 3.63) is 42.0 Å². The van der Waals surface area contributed by atoms with Crippen molar-refractivity contribution in [1.29, 1.82) is 0 Å². The summed E-state index contributed by atoms with van der Waals surface area (Å²) in [6.07, 6.45) is 1.66. The predicted molar refractivity (Wildman–Crippen MR) is 56.5 cm³/mol. The number of benzene rings is 1. The Bertz CT molecular complexity index is 451. The van der Waals surface area contributed by atoms with E-state index in [1.807, 2.05) is 42.8 Å². The number of aryl methyl sites for hydroxylation is 2. The summed E-state index contributed by atoms with van der Waals surface area (Å²) in [5.41, 5.74) is 1.12. The van der Waals surface area contributed by atoms with Crippen molar-refractivity contribution in [2.75, 3.05) is 0 Å². The van der Waals surface area contributed by atoms with Crippen LogP contribution in [0.15, 0.2) is 30.6 Å². The van der Waals surface area contributed by atoms with E-state index in [4.69, 9.17) is 4.74 Å². The van der Waals surface area contributed by atoms with Crippen molar-refractivity contribution in [2.45, 2.75) is 13.5 Å². The van der Waals surface area contributed by atoms with Crippen molar-refractivity contribution < 1.29 is 4.74 Å². The first kappa shape index (κ1) is 9.71. The van der Waals surface area contributed by atoms with Crippen molar-refractivity contribution >= 4 is 0 Å². The Balaban J connectivity index is 2.06. The van der Waals surface area contributed by atoms with Crippen LogP contribution in [0.25, 0.3) is 0 Å². The average molecular weight is 203 g/mol. The summed E-state index contributed by atoms with van der Waals surface area (Å²) in [6.45, 7) is 2.47. The summed E-state index contributed by atoms with van der Waals surface area (Å²) in [6, 6.07) is 7.92. The molecule has 0 aliphatic heterocycles. The first-order chi connectivity index (χ1) is 7.27. The Morgan fingerprint density at radius 1 is 1.33 bits per heavy atom. The minimum Gasteiger partial charge on any atom is -0.485 e. The van der Waals surface area contributed by atoms with E-state index in [2.05, 4.69) is 10.2 Å². The van der Waals surface area contributed by atoms with Gasteiger partial charge in [-0.3, -0.25) is 0 Å². The fourth-order valence-electron chi connectivity index (χ4n) is 1.30. The zero-order valence-corrected chi connectivity index (χ0v) is 8.84. The van der Waals surface area contributed by atoms with Crippen molar-refractivity contribution in [2.24, 2.45) is 7.05 Å². The van der Waals surface area contributed by atoms with Crippen LogP contribution in [0.1, 0.15) is 11.4 Å². The highest BCUT2D eigenvalue weighted by molar-refractivity contribution is 5.31. The molecular formula is C11H13N3O. The van der Waals surface area contributed by atoms with Gasteiger partial charge in [0.2, 0.25) is 0 Å². The number of ether oxygens (including phenoxy) is 1. The molecule has 0 aliphatic rings. The van der Waals surface area contributed by atoms with E-state index in [-0.39, 0.29) is 0 Å². The molecular weight excluding hydrogens is 190 g/mol. The molecule has 0 saturated carbocycles. The summed E-state index contributed by atoms with van der Waals surface area (Å²) in [5.74, 6) is 1.71. The highest BCUT2D eigenvalue weighted by Gasteiger charge is 2.02. The summed E-state index contributed by atoms with van der Waals surface area (Å²) in [5, 5.41) is 7.74. The van der Waals surface area contributed by atoms with E-state index in [9.17, 15) is 0 Å². The van der Waals surface area contributed by atoms with Gasteiger partial charge in [-0.2, -0.15) is 0 Å². The first-order valence-corrected chi connectivity index (χ1v) is 4.78. The molecule has 1 heterocycles. The Kier molecular flexibility index (Phi) is 2.67. The number of para-hydroxylation sites is 1. The first-order valence-electron chi connectivity index (χ1n) is 4.78. The third-order valence-electron chi connectivity index (χ3n) is 2.26. The molecule has 1 aromatic carbocycles. The van der Waals surface area contributed by atoms with Crippen LogP contribution in [0, 0.1) is 6.92 Å². The fourth-order valence-corrected chi connectivity index (χ4v) is 1.30. The lowest BCUT2D eigenvalue weighted by Crippen LogP contribution is -2.03. The molecule has 0 atom stereocenters. The zero-order chi connectivity index (χ0) is 10.7. The van der Waals surface area contributed by atoms with E-state index < -0.39 is 0 Å². The minimum atomic E-state index is 0.446. The molecule has 2 rings (SSSR count). The van der Waals surface area contributed by atoms with Gasteiger partial charge in [0.05, 0.1) is 0 Å². The van der Waals surface area contributed by atoms with E-state index in [1.54, 1.807) is 6.33 Å². The molecule has 0 aliphatic carbocycles. The van der Waals surface area contributed by atoms with Gasteiger partial charge in [-0.05, 0) is 18.6 Å². The second kappa shape index (κ2) is 4.13. The molecule has 0 unspecified atom stereocenters. The van der Waals surface area contributed by atoms with Gasteiger partial charge < -0.3 is 9.30 Å². The van der Waals surface area contributed by atoms with Gasteiger partial charge in [-0.25, -0.2) is 0 Å². The van der Waals surface area contributed by atoms with Crippen LogP contribution in [0.3, 0.4) is 0 Å². The maximum Gasteiger partial charge on any atom is 0.170 e. The highest BCUT2D eigenvalue weighted by Crippen LogP contribution is 2.17. The lowest BCUT2D eigenvalue weighted by Gasteiger charge is -2.07. The Morgan fingerprint density at radius 2 is 2.13 bits per heavy atom. The maximum atomic E-state index is 5.64.